The fourth-order valence-electron chi connectivity index (χ4n) is 1.15. The molecule has 0 saturated carbocycles. The van der Waals surface area contributed by atoms with E-state index in [1.54, 1.807) is 0 Å². The first kappa shape index (κ1) is 9.78. The molecule has 13 heavy (non-hydrogen) atoms. The first-order chi connectivity index (χ1) is 6.09. The van der Waals surface area contributed by atoms with Crippen molar-refractivity contribution in [3.05, 3.63) is 35.4 Å². The Morgan fingerprint density at radius 2 is 1.69 bits per heavy atom. The van der Waals surface area contributed by atoms with Gasteiger partial charge in [0.15, 0.2) is 0 Å². The van der Waals surface area contributed by atoms with Crippen LogP contribution >= 0.6 is 0 Å². The second-order valence-electron chi connectivity index (χ2n) is 3.40. The summed E-state index contributed by atoms with van der Waals surface area (Å²) in [5.41, 5.74) is 3.51. The van der Waals surface area contributed by atoms with Gasteiger partial charge >= 0.3 is 0 Å². The Labute approximate surface area is 79.9 Å². The quantitative estimate of drug-likeness (QED) is 0.498. The summed E-state index contributed by atoms with van der Waals surface area (Å²) in [5, 5.41) is 6.14. The molecule has 0 aliphatic rings. The molecule has 1 aromatic rings. The largest absolute Gasteiger partial charge is 0.303 e. The number of aryl methyl sites for hydroxylation is 1. The maximum atomic E-state index is 4.33. The number of hydrazone groups is 1. The molecule has 0 heterocycles. The lowest BCUT2D eigenvalue weighted by Gasteiger charge is -2.07. The van der Waals surface area contributed by atoms with E-state index >= 15 is 0 Å². The average Bonchev–Trinajstić information content (AvgIpc) is 2.04. The second kappa shape index (κ2) is 4.08. The minimum atomic E-state index is 1.05. The van der Waals surface area contributed by atoms with E-state index in [4.69, 9.17) is 0 Å². The highest BCUT2D eigenvalue weighted by atomic mass is 15.4. The third kappa shape index (κ3) is 2.90. The summed E-state index contributed by atoms with van der Waals surface area (Å²) in [6.07, 6.45) is 0. The molecule has 2 heteroatoms. The highest BCUT2D eigenvalue weighted by Crippen LogP contribution is 2.04. The van der Waals surface area contributed by atoms with E-state index < -0.39 is 0 Å². The van der Waals surface area contributed by atoms with Crippen molar-refractivity contribution in [2.45, 2.75) is 13.8 Å². The average molecular weight is 176 g/mol. The van der Waals surface area contributed by atoms with Gasteiger partial charge in [0.2, 0.25) is 0 Å². The van der Waals surface area contributed by atoms with Gasteiger partial charge in [0.05, 0.1) is 5.71 Å². The van der Waals surface area contributed by atoms with Gasteiger partial charge in [-0.3, -0.25) is 0 Å². The molecule has 0 bridgehead atoms. The molecule has 1 rings (SSSR count). The molecule has 1 aromatic carbocycles. The fraction of sp³-hybridized carbons (Fsp3) is 0.364. The Balaban J connectivity index is 2.89. The molecule has 0 aromatic heterocycles. The van der Waals surface area contributed by atoms with Crippen molar-refractivity contribution in [2.24, 2.45) is 5.10 Å². The summed E-state index contributed by atoms with van der Waals surface area (Å²) in [4.78, 5) is 0. The molecule has 0 atom stereocenters. The molecular formula is C11H16N2. The van der Waals surface area contributed by atoms with Gasteiger partial charge in [-0.25, -0.2) is 0 Å². The van der Waals surface area contributed by atoms with Crippen molar-refractivity contribution in [2.75, 3.05) is 14.1 Å². The summed E-state index contributed by atoms with van der Waals surface area (Å²) in [6, 6.07) is 8.39. The number of nitrogens with zero attached hydrogens (tertiary/aromatic N) is 2. The summed E-state index contributed by atoms with van der Waals surface area (Å²) in [5.74, 6) is 0. The molecule has 0 aliphatic heterocycles. The number of rotatable bonds is 2. The predicted octanol–water partition coefficient (Wildman–Crippen LogP) is 2.28. The van der Waals surface area contributed by atoms with Crippen molar-refractivity contribution in [3.8, 4) is 0 Å². The lowest BCUT2D eigenvalue weighted by Crippen LogP contribution is -2.07. The van der Waals surface area contributed by atoms with Crippen LogP contribution in [0.4, 0.5) is 0 Å². The van der Waals surface area contributed by atoms with Gasteiger partial charge in [-0.05, 0) is 19.4 Å². The Hall–Kier alpha value is -1.31. The maximum Gasteiger partial charge on any atom is 0.0646 e. The van der Waals surface area contributed by atoms with Crippen LogP contribution in [0.5, 0.6) is 0 Å². The highest BCUT2D eigenvalue weighted by molar-refractivity contribution is 5.98. The van der Waals surface area contributed by atoms with E-state index in [1.807, 2.05) is 26.0 Å². The highest BCUT2D eigenvalue weighted by Gasteiger charge is 1.96. The number of hydrogen-bond acceptors (Lipinski definition) is 2. The van der Waals surface area contributed by atoms with Crippen LogP contribution in [0, 0.1) is 6.92 Å². The molecule has 0 aliphatic carbocycles. The van der Waals surface area contributed by atoms with E-state index in [9.17, 15) is 0 Å². The monoisotopic (exact) mass is 176 g/mol. The zero-order valence-corrected chi connectivity index (χ0v) is 8.70. The van der Waals surface area contributed by atoms with Gasteiger partial charge in [-0.15, -0.1) is 0 Å². The van der Waals surface area contributed by atoms with Crippen LogP contribution in [0.3, 0.4) is 0 Å². The van der Waals surface area contributed by atoms with Crippen LogP contribution in [0.1, 0.15) is 18.1 Å². The van der Waals surface area contributed by atoms with Crippen LogP contribution in [0.15, 0.2) is 29.4 Å². The third-order valence-corrected chi connectivity index (χ3v) is 1.82. The third-order valence-electron chi connectivity index (χ3n) is 1.82. The predicted molar refractivity (Wildman–Crippen MR) is 57.1 cm³/mol. The van der Waals surface area contributed by atoms with Crippen molar-refractivity contribution in [3.63, 3.8) is 0 Å². The molecule has 0 radical (unpaired) electrons. The second-order valence-corrected chi connectivity index (χ2v) is 3.40. The Morgan fingerprint density at radius 1 is 1.15 bits per heavy atom. The Bertz CT molecular complexity index is 296. The van der Waals surface area contributed by atoms with E-state index in [2.05, 4.69) is 36.3 Å². The maximum absolute atomic E-state index is 4.33. The van der Waals surface area contributed by atoms with Gasteiger partial charge in [0, 0.05) is 14.1 Å². The lowest BCUT2D eigenvalue weighted by atomic mass is 10.1. The minimum absolute atomic E-state index is 1.05. The van der Waals surface area contributed by atoms with Crippen LogP contribution in [-0.2, 0) is 0 Å². The molecule has 0 saturated heterocycles. The number of hydrogen-bond donors (Lipinski definition) is 0. The van der Waals surface area contributed by atoms with Crippen molar-refractivity contribution < 1.29 is 0 Å². The first-order valence-electron chi connectivity index (χ1n) is 4.39. The van der Waals surface area contributed by atoms with E-state index in [0.29, 0.717) is 0 Å². The molecule has 0 unspecified atom stereocenters. The molecule has 70 valence electrons. The Kier molecular flexibility index (Phi) is 3.07. The summed E-state index contributed by atoms with van der Waals surface area (Å²) in [7, 11) is 3.86. The van der Waals surface area contributed by atoms with Gasteiger partial charge < -0.3 is 5.01 Å². The van der Waals surface area contributed by atoms with E-state index in [-0.39, 0.29) is 0 Å². The van der Waals surface area contributed by atoms with E-state index in [1.165, 1.54) is 11.1 Å². The van der Waals surface area contributed by atoms with Crippen molar-refractivity contribution in [1.29, 1.82) is 0 Å². The molecule has 2 nitrogen and oxygen atoms in total. The summed E-state index contributed by atoms with van der Waals surface area (Å²) < 4.78 is 0. The van der Waals surface area contributed by atoms with Gasteiger partial charge in [-0.2, -0.15) is 5.10 Å². The minimum Gasteiger partial charge on any atom is -0.303 e. The normalized spacial score (nSPS) is 11.5. The molecule has 0 amide bonds. The number of benzene rings is 1. The first-order valence-corrected chi connectivity index (χ1v) is 4.39. The summed E-state index contributed by atoms with van der Waals surface area (Å²) >= 11 is 0. The van der Waals surface area contributed by atoms with Crippen LogP contribution in [0.2, 0.25) is 0 Å². The smallest absolute Gasteiger partial charge is 0.0646 e. The zero-order chi connectivity index (χ0) is 9.84. The fourth-order valence-corrected chi connectivity index (χ4v) is 1.15. The van der Waals surface area contributed by atoms with Crippen LogP contribution in [0.25, 0.3) is 0 Å². The molecular weight excluding hydrogens is 160 g/mol. The topological polar surface area (TPSA) is 15.6 Å². The van der Waals surface area contributed by atoms with Crippen LogP contribution in [-0.4, -0.2) is 24.8 Å². The Morgan fingerprint density at radius 3 is 2.15 bits per heavy atom. The summed E-state index contributed by atoms with van der Waals surface area (Å²) in [6.45, 7) is 4.10. The van der Waals surface area contributed by atoms with E-state index in [0.717, 1.165) is 5.71 Å². The van der Waals surface area contributed by atoms with Crippen molar-refractivity contribution in [1.82, 2.24) is 5.01 Å². The van der Waals surface area contributed by atoms with Crippen molar-refractivity contribution >= 4 is 5.71 Å². The molecule has 0 spiro atoms. The lowest BCUT2D eigenvalue weighted by molar-refractivity contribution is 0.438. The SMILES string of the molecule is CC(=NN(C)C)c1ccc(C)cc1. The zero-order valence-electron chi connectivity index (χ0n) is 8.70. The van der Waals surface area contributed by atoms with Gasteiger partial charge in [0.1, 0.15) is 0 Å². The van der Waals surface area contributed by atoms with Crippen LogP contribution < -0.4 is 0 Å². The standard InChI is InChI=1S/C11H16N2/c1-9-5-7-11(8-6-9)10(2)12-13(3)4/h5-8H,1-4H3. The van der Waals surface area contributed by atoms with Gasteiger partial charge in [-0.1, -0.05) is 29.8 Å². The molecule has 0 fully saturated rings. The molecule has 0 N–H and O–H groups in total. The van der Waals surface area contributed by atoms with Gasteiger partial charge in [0.25, 0.3) is 0 Å².